The summed E-state index contributed by atoms with van der Waals surface area (Å²) in [5, 5.41) is 43.6. The van der Waals surface area contributed by atoms with Gasteiger partial charge in [0.25, 0.3) is 11.8 Å². The van der Waals surface area contributed by atoms with Crippen molar-refractivity contribution < 1.29 is 58.2 Å². The van der Waals surface area contributed by atoms with Gasteiger partial charge in [0, 0.05) is 42.2 Å². The molecule has 15 N–H and O–H groups in total. The summed E-state index contributed by atoms with van der Waals surface area (Å²) in [5.74, 6) is -9.09. The highest BCUT2D eigenvalue weighted by molar-refractivity contribution is 7.10. The number of rotatable bonds is 13. The number of aromatic amines is 1. The van der Waals surface area contributed by atoms with Crippen molar-refractivity contribution in [2.24, 2.45) is 28.3 Å². The second kappa shape index (κ2) is 28.3. The fraction of sp³-hybridized carbons (Fsp3) is 0.565. The molecule has 3 aromatic rings. The molecule has 1 fully saturated rings. The Hall–Kier alpha value is -7.60. The van der Waals surface area contributed by atoms with Crippen molar-refractivity contribution >= 4 is 87.8 Å². The lowest BCUT2D eigenvalue weighted by molar-refractivity contribution is -0.142. The van der Waals surface area contributed by atoms with Gasteiger partial charge in [-0.05, 0) is 50.4 Å². The number of aromatic nitrogens is 4. The number of nitrogens with two attached hydrogens (primary N) is 2. The van der Waals surface area contributed by atoms with Crippen molar-refractivity contribution in [2.75, 3.05) is 32.8 Å². The van der Waals surface area contributed by atoms with E-state index in [9.17, 15) is 58.2 Å². The van der Waals surface area contributed by atoms with E-state index in [1.807, 2.05) is 13.8 Å². The van der Waals surface area contributed by atoms with E-state index < -0.39 is 128 Å². The minimum absolute atomic E-state index is 0.00708. The van der Waals surface area contributed by atoms with Gasteiger partial charge in [0.05, 0.1) is 38.5 Å². The fourth-order valence-electron chi connectivity index (χ4n) is 8.24. The van der Waals surface area contributed by atoms with Crippen molar-refractivity contribution in [1.82, 2.24) is 67.4 Å². The summed E-state index contributed by atoms with van der Waals surface area (Å²) in [4.78, 5) is 156. The molecule has 2 aliphatic heterocycles. The second-order valence-corrected chi connectivity index (χ2v) is 20.7. The first kappa shape index (κ1) is 59.3. The van der Waals surface area contributed by atoms with E-state index in [0.717, 1.165) is 22.7 Å². The van der Waals surface area contributed by atoms with Crippen LogP contribution in [0.2, 0.25) is 0 Å². The highest BCUT2D eigenvalue weighted by Crippen LogP contribution is 2.27. The predicted molar refractivity (Wildman–Crippen MR) is 274 cm³/mol. The zero-order chi connectivity index (χ0) is 55.6. The van der Waals surface area contributed by atoms with Gasteiger partial charge in [-0.3, -0.25) is 52.9 Å². The van der Waals surface area contributed by atoms with E-state index in [1.165, 1.54) is 28.2 Å². The van der Waals surface area contributed by atoms with Crippen molar-refractivity contribution in [1.29, 1.82) is 0 Å². The van der Waals surface area contributed by atoms with Crippen molar-refractivity contribution in [3.8, 4) is 0 Å². The largest absolute Gasteiger partial charge is 0.481 e. The van der Waals surface area contributed by atoms with Crippen LogP contribution in [0.3, 0.4) is 0 Å². The van der Waals surface area contributed by atoms with Crippen LogP contribution < -0.4 is 54.0 Å². The molecule has 7 atom stereocenters. The summed E-state index contributed by atoms with van der Waals surface area (Å²) < 4.78 is 0. The first-order valence-electron chi connectivity index (χ1n) is 24.5. The molecule has 1 saturated heterocycles. The van der Waals surface area contributed by atoms with Crippen LogP contribution in [0.25, 0.3) is 0 Å². The summed E-state index contributed by atoms with van der Waals surface area (Å²) in [6, 6.07) is -8.46. The Morgan fingerprint density at radius 2 is 1.33 bits per heavy atom. The van der Waals surface area contributed by atoms with E-state index in [0.29, 0.717) is 23.5 Å². The summed E-state index contributed by atoms with van der Waals surface area (Å²) in [7, 11) is 0. The molecular formula is C46H66N16O12S2. The highest BCUT2D eigenvalue weighted by atomic mass is 32.1. The van der Waals surface area contributed by atoms with E-state index in [4.69, 9.17) is 11.5 Å². The standard InChI is InChI=1S/C46H66N16O12S2/c1-22(2)11-26-40(71)58-29(13-24-15-49-21-53-24)45(74)62-10-6-8-33(62)42(73)56-25(7-5-9-50-46(47)48)39(70)57-28(12-23(3)4)43-61-32(20-75-43)41(72)59-30(18-63)44-60-31(19-76-44)38(69)52-17-35(65)55-27(14-36(66)67)37(68)51-16-34(64)54-26/h15,19-23,25-30,33,63H,5-14,16-18H2,1-4H3,(H,49,53)(H,51,68)(H,52,69)(H,54,64)(H,55,65)(H,56,73)(H,57,70)(H,58,71)(H,59,72)(H,66,67)(H4,47,48,50)/t25-,26-,27-,28+,29-,30+,33-/m0/s1. The maximum Gasteiger partial charge on any atom is 0.305 e. The van der Waals surface area contributed by atoms with Crippen LogP contribution in [0.5, 0.6) is 0 Å². The lowest BCUT2D eigenvalue weighted by Gasteiger charge is -2.31. The molecule has 0 aromatic carbocycles. The topological polar surface area (TPSA) is 429 Å². The molecule has 3 aromatic heterocycles. The number of hydrogen-bond acceptors (Lipinski definition) is 17. The Kier molecular flexibility index (Phi) is 22.1. The quantitative estimate of drug-likeness (QED) is 0.0482. The fourth-order valence-corrected chi connectivity index (χ4v) is 9.94. The molecule has 0 saturated carbocycles. The van der Waals surface area contributed by atoms with Gasteiger partial charge in [0.2, 0.25) is 41.4 Å². The summed E-state index contributed by atoms with van der Waals surface area (Å²) >= 11 is 2.00. The molecule has 28 nitrogen and oxygen atoms in total. The minimum atomic E-state index is -1.72. The zero-order valence-electron chi connectivity index (χ0n) is 42.4. The van der Waals surface area contributed by atoms with Crippen LogP contribution in [-0.4, -0.2) is 163 Å². The third kappa shape index (κ3) is 17.8. The number of thiazole rings is 2. The number of nitrogens with zero attached hydrogens (tertiary/aromatic N) is 5. The second-order valence-electron chi connectivity index (χ2n) is 19.0. The molecular weight excluding hydrogens is 1030 g/mol. The summed E-state index contributed by atoms with van der Waals surface area (Å²) in [6.45, 7) is 5.46. The predicted octanol–water partition coefficient (Wildman–Crippen LogP) is -2.40. The lowest BCUT2D eigenvalue weighted by Crippen LogP contribution is -2.59. The molecule has 0 unspecified atom stereocenters. The Morgan fingerprint density at radius 3 is 1.95 bits per heavy atom. The van der Waals surface area contributed by atoms with Crippen molar-refractivity contribution in [3.63, 3.8) is 0 Å². The number of carboxylic acid groups (broad SMARTS) is 1. The number of aliphatic hydroxyl groups is 1. The van der Waals surface area contributed by atoms with Gasteiger partial charge >= 0.3 is 5.97 Å². The van der Waals surface area contributed by atoms with Crippen LogP contribution >= 0.6 is 22.7 Å². The van der Waals surface area contributed by atoms with Crippen LogP contribution in [0.4, 0.5) is 0 Å². The summed E-state index contributed by atoms with van der Waals surface area (Å²) in [5.41, 5.74) is 11.3. The van der Waals surface area contributed by atoms with Gasteiger partial charge in [-0.2, -0.15) is 0 Å². The maximum absolute atomic E-state index is 14.6. The number of hydrogen-bond donors (Lipinski definition) is 13. The van der Waals surface area contributed by atoms with Gasteiger partial charge in [-0.1, -0.05) is 27.7 Å². The highest BCUT2D eigenvalue weighted by Gasteiger charge is 2.40. The van der Waals surface area contributed by atoms with Gasteiger partial charge in [0.1, 0.15) is 57.7 Å². The molecule has 414 valence electrons. The average molecular weight is 1100 g/mol. The number of amides is 9. The van der Waals surface area contributed by atoms with Gasteiger partial charge < -0.3 is 74.1 Å². The van der Waals surface area contributed by atoms with E-state index in [2.05, 4.69) is 67.5 Å². The molecule has 0 spiro atoms. The number of H-pyrrole nitrogens is 1. The lowest BCUT2D eigenvalue weighted by atomic mass is 10.0. The molecule has 0 radical (unpaired) electrons. The number of carboxylic acids is 1. The Morgan fingerprint density at radius 1 is 0.737 bits per heavy atom. The van der Waals surface area contributed by atoms with Crippen LogP contribution in [0, 0.1) is 11.8 Å². The molecule has 9 amide bonds. The Labute approximate surface area is 444 Å². The van der Waals surface area contributed by atoms with Crippen LogP contribution in [0.1, 0.15) is 121 Å². The van der Waals surface area contributed by atoms with E-state index in [1.54, 1.807) is 13.8 Å². The zero-order valence-corrected chi connectivity index (χ0v) is 44.0. The number of carbonyl (C=O) groups is 10. The molecule has 76 heavy (non-hydrogen) atoms. The number of aliphatic carboxylic acids is 1. The van der Waals surface area contributed by atoms with E-state index in [-0.39, 0.29) is 79.4 Å². The smallest absolute Gasteiger partial charge is 0.305 e. The van der Waals surface area contributed by atoms with Crippen LogP contribution in [0.15, 0.2) is 28.3 Å². The number of aliphatic hydroxyl groups excluding tert-OH is 1. The van der Waals surface area contributed by atoms with Crippen molar-refractivity contribution in [3.05, 3.63) is 50.4 Å². The monoisotopic (exact) mass is 1100 g/mol. The normalized spacial score (nSPS) is 23.3. The third-order valence-corrected chi connectivity index (χ3v) is 13.8. The van der Waals surface area contributed by atoms with Gasteiger partial charge in [0.15, 0.2) is 5.96 Å². The number of carbonyl (C=O) groups excluding carboxylic acids is 9. The molecule has 5 heterocycles. The summed E-state index contributed by atoms with van der Waals surface area (Å²) in [6.07, 6.45) is 3.11. The number of nitrogens with one attached hydrogen (secondary N) is 9. The molecule has 2 aliphatic rings. The number of guanidine groups is 1. The first-order valence-corrected chi connectivity index (χ1v) is 26.3. The third-order valence-electron chi connectivity index (χ3n) is 11.8. The van der Waals surface area contributed by atoms with E-state index >= 15 is 0 Å². The molecule has 5 rings (SSSR count). The minimum Gasteiger partial charge on any atom is -0.481 e. The van der Waals surface area contributed by atoms with Gasteiger partial charge in [-0.25, -0.2) is 15.0 Å². The van der Waals surface area contributed by atoms with Crippen LogP contribution in [-0.2, 0) is 44.8 Å². The maximum atomic E-state index is 14.6. The number of fused-ring (bicyclic) bond motifs is 5. The molecule has 4 bridgehead atoms. The van der Waals surface area contributed by atoms with Gasteiger partial charge in [-0.15, -0.1) is 22.7 Å². The number of aliphatic imine (C=N–C) groups is 1. The first-order chi connectivity index (χ1) is 36.1. The Bertz CT molecular complexity index is 2580. The Balaban J connectivity index is 1.49. The van der Waals surface area contributed by atoms with Crippen molar-refractivity contribution in [2.45, 2.75) is 121 Å². The SMILES string of the molecule is CC(C)C[C@@H]1NC(=O)CNC(=O)[C@H](CC(=O)O)NC(=O)CNC(=O)c2csc(n2)[C@@H](CO)NC(=O)c2csc(n2)[C@@H](CC(C)C)NC(=O)[C@H](CCCN=C(N)N)NC(=O)[C@@H]2CCCN2C(=O)[C@H](Cc2cnc[nH]2)NC1=O. The number of imidazole rings is 1. The average Bonchev–Trinajstić information content (AvgIpc) is 4.22. The molecule has 0 aliphatic carbocycles. The molecule has 30 heteroatoms.